The lowest BCUT2D eigenvalue weighted by molar-refractivity contribution is -0.126. The quantitative estimate of drug-likeness (QED) is 0.612. The van der Waals surface area contributed by atoms with Crippen LogP contribution in [0, 0.1) is 5.41 Å². The first kappa shape index (κ1) is 25.1. The van der Waals surface area contributed by atoms with E-state index < -0.39 is 28.1 Å². The molecule has 0 aliphatic rings. The standard InChI is InChI=1S/C21H34N2O5S/c1-8-23(9-2)29(26,27)17-12-10-16(11-13-17)19(25)28-14-18(24)22-21(6,7)15-20(3,4)5/h10-13H,8-9,14-15H2,1-7H3,(H,22,24). The molecule has 0 radical (unpaired) electrons. The van der Waals surface area contributed by atoms with Gasteiger partial charge in [0.15, 0.2) is 6.61 Å². The van der Waals surface area contributed by atoms with Gasteiger partial charge in [-0.2, -0.15) is 4.31 Å². The molecular formula is C21H34N2O5S. The van der Waals surface area contributed by atoms with Crippen LogP contribution in [0.2, 0.25) is 0 Å². The fraction of sp³-hybridized carbons (Fsp3) is 0.619. The van der Waals surface area contributed by atoms with Gasteiger partial charge >= 0.3 is 5.97 Å². The first-order valence-electron chi connectivity index (χ1n) is 9.80. The predicted octanol–water partition coefficient (Wildman–Crippen LogP) is 3.20. The SMILES string of the molecule is CCN(CC)S(=O)(=O)c1ccc(C(=O)OCC(=O)NC(C)(C)CC(C)(C)C)cc1. The van der Waals surface area contributed by atoms with E-state index >= 15 is 0 Å². The van der Waals surface area contributed by atoms with E-state index in [-0.39, 0.29) is 21.8 Å². The molecule has 0 spiro atoms. The molecule has 7 nitrogen and oxygen atoms in total. The molecule has 1 N–H and O–H groups in total. The minimum Gasteiger partial charge on any atom is -0.452 e. The van der Waals surface area contributed by atoms with E-state index in [1.807, 2.05) is 13.8 Å². The van der Waals surface area contributed by atoms with Crippen molar-refractivity contribution < 1.29 is 22.7 Å². The molecule has 0 bridgehead atoms. The summed E-state index contributed by atoms with van der Waals surface area (Å²) < 4.78 is 31.4. The molecule has 0 atom stereocenters. The van der Waals surface area contributed by atoms with E-state index in [0.717, 1.165) is 6.42 Å². The number of nitrogens with one attached hydrogen (secondary N) is 1. The Balaban J connectivity index is 2.71. The number of carbonyl (C=O) groups excluding carboxylic acids is 2. The normalized spacial score (nSPS) is 12.7. The number of ether oxygens (including phenoxy) is 1. The Labute approximate surface area is 174 Å². The number of rotatable bonds is 9. The van der Waals surface area contributed by atoms with Crippen molar-refractivity contribution in [1.82, 2.24) is 9.62 Å². The number of esters is 1. The summed E-state index contributed by atoms with van der Waals surface area (Å²) in [5, 5.41) is 2.87. The summed E-state index contributed by atoms with van der Waals surface area (Å²) in [6.07, 6.45) is 0.766. The minimum absolute atomic E-state index is 0.0423. The van der Waals surface area contributed by atoms with E-state index in [1.165, 1.54) is 28.6 Å². The van der Waals surface area contributed by atoms with Crippen molar-refractivity contribution in [1.29, 1.82) is 0 Å². The fourth-order valence-corrected chi connectivity index (χ4v) is 4.93. The Hall–Kier alpha value is -1.93. The molecule has 1 aromatic carbocycles. The maximum absolute atomic E-state index is 12.5. The molecule has 1 amide bonds. The van der Waals surface area contributed by atoms with Gasteiger partial charge in [-0.1, -0.05) is 34.6 Å². The molecular weight excluding hydrogens is 392 g/mol. The van der Waals surface area contributed by atoms with Crippen LogP contribution < -0.4 is 5.32 Å². The molecule has 1 aromatic rings. The Morgan fingerprint density at radius 2 is 1.52 bits per heavy atom. The summed E-state index contributed by atoms with van der Waals surface area (Å²) in [5.41, 5.74) is -0.201. The highest BCUT2D eigenvalue weighted by atomic mass is 32.2. The number of sulfonamides is 1. The topological polar surface area (TPSA) is 92.8 Å². The molecule has 1 rings (SSSR count). The molecule has 0 aliphatic heterocycles. The summed E-state index contributed by atoms with van der Waals surface area (Å²) in [7, 11) is -3.59. The van der Waals surface area contributed by atoms with Gasteiger partial charge in [0.05, 0.1) is 10.5 Å². The van der Waals surface area contributed by atoms with Crippen LogP contribution in [0.1, 0.15) is 65.2 Å². The predicted molar refractivity (Wildman–Crippen MR) is 113 cm³/mol. The van der Waals surface area contributed by atoms with Crippen LogP contribution in [0.4, 0.5) is 0 Å². The van der Waals surface area contributed by atoms with Gasteiger partial charge < -0.3 is 10.1 Å². The van der Waals surface area contributed by atoms with E-state index in [4.69, 9.17) is 4.74 Å². The van der Waals surface area contributed by atoms with Crippen molar-refractivity contribution >= 4 is 21.9 Å². The highest BCUT2D eigenvalue weighted by molar-refractivity contribution is 7.89. The molecule has 164 valence electrons. The highest BCUT2D eigenvalue weighted by Crippen LogP contribution is 2.26. The third-order valence-corrected chi connectivity index (χ3v) is 6.28. The van der Waals surface area contributed by atoms with Gasteiger partial charge in [-0.3, -0.25) is 4.79 Å². The lowest BCUT2D eigenvalue weighted by Gasteiger charge is -2.33. The number of nitrogens with zero attached hydrogens (tertiary/aromatic N) is 1. The van der Waals surface area contributed by atoms with Crippen LogP contribution in [0.25, 0.3) is 0 Å². The molecule has 0 heterocycles. The monoisotopic (exact) mass is 426 g/mol. The Morgan fingerprint density at radius 3 is 1.97 bits per heavy atom. The second-order valence-electron chi connectivity index (χ2n) is 8.86. The number of amides is 1. The van der Waals surface area contributed by atoms with Crippen LogP contribution in [0.3, 0.4) is 0 Å². The Kier molecular flexibility index (Phi) is 8.41. The van der Waals surface area contributed by atoms with Crippen molar-refractivity contribution in [3.63, 3.8) is 0 Å². The Morgan fingerprint density at radius 1 is 1.00 bits per heavy atom. The molecule has 0 aromatic heterocycles. The number of benzene rings is 1. The second kappa shape index (κ2) is 9.71. The Bertz CT molecular complexity index is 804. The second-order valence-corrected chi connectivity index (χ2v) is 10.8. The summed E-state index contributed by atoms with van der Waals surface area (Å²) in [6.45, 7) is 14.0. The number of carbonyl (C=O) groups is 2. The third kappa shape index (κ3) is 7.78. The summed E-state index contributed by atoms with van der Waals surface area (Å²) in [5.74, 6) is -1.06. The van der Waals surface area contributed by atoms with Crippen molar-refractivity contribution in [3.05, 3.63) is 29.8 Å². The van der Waals surface area contributed by atoms with Gasteiger partial charge in [0.1, 0.15) is 0 Å². The van der Waals surface area contributed by atoms with Crippen LogP contribution in [0.15, 0.2) is 29.2 Å². The van der Waals surface area contributed by atoms with Crippen molar-refractivity contribution in [2.75, 3.05) is 19.7 Å². The number of hydrogen-bond donors (Lipinski definition) is 1. The average molecular weight is 427 g/mol. The number of hydrogen-bond acceptors (Lipinski definition) is 5. The van der Waals surface area contributed by atoms with Crippen LogP contribution in [-0.2, 0) is 19.6 Å². The summed E-state index contributed by atoms with van der Waals surface area (Å²) >= 11 is 0. The van der Waals surface area contributed by atoms with Gasteiger partial charge in [0.2, 0.25) is 10.0 Å². The molecule has 0 saturated heterocycles. The van der Waals surface area contributed by atoms with Crippen LogP contribution >= 0.6 is 0 Å². The molecule has 0 unspecified atom stereocenters. The van der Waals surface area contributed by atoms with Gasteiger partial charge in [0, 0.05) is 18.6 Å². The molecule has 8 heteroatoms. The maximum atomic E-state index is 12.5. The molecule has 0 fully saturated rings. The van der Waals surface area contributed by atoms with E-state index in [0.29, 0.717) is 13.1 Å². The van der Waals surface area contributed by atoms with Gasteiger partial charge in [-0.15, -0.1) is 0 Å². The zero-order chi connectivity index (χ0) is 22.5. The van der Waals surface area contributed by atoms with Crippen LogP contribution in [0.5, 0.6) is 0 Å². The first-order chi connectivity index (χ1) is 13.2. The van der Waals surface area contributed by atoms with Crippen molar-refractivity contribution in [3.8, 4) is 0 Å². The van der Waals surface area contributed by atoms with Gasteiger partial charge in [-0.25, -0.2) is 13.2 Å². The molecule has 0 saturated carbocycles. The van der Waals surface area contributed by atoms with Gasteiger partial charge in [-0.05, 0) is 49.9 Å². The van der Waals surface area contributed by atoms with Gasteiger partial charge in [0.25, 0.3) is 5.91 Å². The zero-order valence-corrected chi connectivity index (χ0v) is 19.4. The van der Waals surface area contributed by atoms with E-state index in [2.05, 4.69) is 26.1 Å². The zero-order valence-electron chi connectivity index (χ0n) is 18.5. The highest BCUT2D eigenvalue weighted by Gasteiger charge is 2.27. The lowest BCUT2D eigenvalue weighted by Crippen LogP contribution is -2.47. The average Bonchev–Trinajstić information content (AvgIpc) is 2.58. The largest absolute Gasteiger partial charge is 0.452 e. The van der Waals surface area contributed by atoms with E-state index in [1.54, 1.807) is 13.8 Å². The minimum atomic E-state index is -3.59. The third-order valence-electron chi connectivity index (χ3n) is 4.22. The van der Waals surface area contributed by atoms with E-state index in [9.17, 15) is 18.0 Å². The lowest BCUT2D eigenvalue weighted by atomic mass is 9.82. The molecule has 29 heavy (non-hydrogen) atoms. The van der Waals surface area contributed by atoms with Crippen molar-refractivity contribution in [2.45, 2.75) is 65.3 Å². The van der Waals surface area contributed by atoms with Crippen molar-refractivity contribution in [2.24, 2.45) is 5.41 Å². The summed E-state index contributed by atoms with van der Waals surface area (Å²) in [6, 6.07) is 5.52. The maximum Gasteiger partial charge on any atom is 0.338 e. The van der Waals surface area contributed by atoms with Crippen LogP contribution in [-0.4, -0.2) is 49.8 Å². The smallest absolute Gasteiger partial charge is 0.338 e. The summed E-state index contributed by atoms with van der Waals surface area (Å²) in [4.78, 5) is 24.4. The first-order valence-corrected chi connectivity index (χ1v) is 11.2. The fourth-order valence-electron chi connectivity index (χ4n) is 3.47. The molecule has 0 aliphatic carbocycles.